The summed E-state index contributed by atoms with van der Waals surface area (Å²) in [5.41, 5.74) is 2.08. The molecule has 1 saturated carbocycles. The van der Waals surface area contributed by atoms with Crippen LogP contribution >= 0.6 is 0 Å². The van der Waals surface area contributed by atoms with Crippen LogP contribution in [0.4, 0.5) is 5.82 Å². The van der Waals surface area contributed by atoms with Crippen LogP contribution in [0, 0.1) is 13.8 Å². The van der Waals surface area contributed by atoms with E-state index in [-0.39, 0.29) is 17.4 Å². The lowest BCUT2D eigenvalue weighted by molar-refractivity contribution is 0.0712. The number of carbonyl (C=O) groups excluding carboxylic acids is 1. The van der Waals surface area contributed by atoms with E-state index in [1.54, 1.807) is 0 Å². The van der Waals surface area contributed by atoms with Crippen molar-refractivity contribution in [2.45, 2.75) is 57.9 Å². The van der Waals surface area contributed by atoms with E-state index in [9.17, 15) is 4.79 Å². The molecule has 0 atom stereocenters. The Bertz CT molecular complexity index is 1090. The highest BCUT2D eigenvalue weighted by atomic mass is 16.3. The predicted molar refractivity (Wildman–Crippen MR) is 112 cm³/mol. The van der Waals surface area contributed by atoms with E-state index in [1.165, 1.54) is 6.26 Å². The second kappa shape index (κ2) is 7.04. The molecule has 1 N–H and O–H groups in total. The van der Waals surface area contributed by atoms with E-state index >= 15 is 0 Å². The highest BCUT2D eigenvalue weighted by molar-refractivity contribution is 6.09. The molecule has 0 radical (unpaired) electrons. The molecule has 0 spiro atoms. The Morgan fingerprint density at radius 3 is 2.53 bits per heavy atom. The summed E-state index contributed by atoms with van der Waals surface area (Å²) >= 11 is 0. The number of aryl methyl sites for hydroxylation is 2. The van der Waals surface area contributed by atoms with Crippen LogP contribution in [0.25, 0.3) is 11.1 Å². The second-order valence-corrected chi connectivity index (χ2v) is 8.82. The maximum absolute atomic E-state index is 13.3. The molecule has 3 aromatic heterocycles. The zero-order valence-electron chi connectivity index (χ0n) is 17.6. The lowest BCUT2D eigenvalue weighted by Crippen LogP contribution is -2.38. The number of nitrogens with zero attached hydrogens (tertiary/aromatic N) is 5. The van der Waals surface area contributed by atoms with Gasteiger partial charge in [-0.2, -0.15) is 4.98 Å². The first-order valence-corrected chi connectivity index (χ1v) is 10.5. The molecule has 1 amide bonds. The summed E-state index contributed by atoms with van der Waals surface area (Å²) in [6.45, 7) is 7.32. The third kappa shape index (κ3) is 3.51. The Morgan fingerprint density at radius 1 is 1.17 bits per heavy atom. The summed E-state index contributed by atoms with van der Waals surface area (Å²) in [6.07, 6.45) is 9.12. The minimum atomic E-state index is -0.0338. The van der Waals surface area contributed by atoms with Gasteiger partial charge in [0.15, 0.2) is 0 Å². The number of fused-ring (bicyclic) bond motifs is 1. The molecular weight excluding hydrogens is 380 g/mol. The Hall–Kier alpha value is -3.03. The van der Waals surface area contributed by atoms with Crippen molar-refractivity contribution in [2.24, 2.45) is 0 Å². The van der Waals surface area contributed by atoms with Crippen molar-refractivity contribution in [1.29, 1.82) is 0 Å². The Labute approximate surface area is 175 Å². The number of hydrogen-bond acceptors (Lipinski definition) is 7. The summed E-state index contributed by atoms with van der Waals surface area (Å²) in [5, 5.41) is 4.18. The third-order valence-corrected chi connectivity index (χ3v) is 6.14. The molecule has 5 rings (SSSR count). The average molecular weight is 406 g/mol. The molecule has 0 aromatic carbocycles. The summed E-state index contributed by atoms with van der Waals surface area (Å²) in [7, 11) is 0. The number of furan rings is 1. The Morgan fingerprint density at radius 2 is 1.87 bits per heavy atom. The number of carbonyl (C=O) groups is 1. The van der Waals surface area contributed by atoms with E-state index in [1.807, 2.05) is 31.1 Å². The van der Waals surface area contributed by atoms with Crippen molar-refractivity contribution in [1.82, 2.24) is 24.8 Å². The fourth-order valence-corrected chi connectivity index (χ4v) is 4.02. The van der Waals surface area contributed by atoms with Crippen molar-refractivity contribution in [3.05, 3.63) is 41.4 Å². The predicted octanol–water partition coefficient (Wildman–Crippen LogP) is 3.61. The van der Waals surface area contributed by atoms with Gasteiger partial charge in [0.05, 0.1) is 10.9 Å². The number of piperidine rings is 1. The number of likely N-dealkylation sites (tertiary alicyclic amines) is 1. The van der Waals surface area contributed by atoms with Crippen LogP contribution in [0.1, 0.15) is 66.1 Å². The number of anilines is 1. The molecule has 2 aliphatic rings. The number of rotatable bonds is 4. The molecule has 4 heterocycles. The first-order valence-electron chi connectivity index (χ1n) is 10.5. The van der Waals surface area contributed by atoms with Gasteiger partial charge in [-0.3, -0.25) is 4.79 Å². The molecule has 0 unspecified atom stereocenters. The van der Waals surface area contributed by atoms with Crippen LogP contribution in [0.2, 0.25) is 0 Å². The lowest BCUT2D eigenvalue weighted by Gasteiger charge is -2.31. The van der Waals surface area contributed by atoms with Gasteiger partial charge in [-0.15, -0.1) is 0 Å². The molecule has 0 bridgehead atoms. The summed E-state index contributed by atoms with van der Waals surface area (Å²) in [5.74, 6) is 2.44. The third-order valence-electron chi connectivity index (χ3n) is 6.14. The van der Waals surface area contributed by atoms with Crippen molar-refractivity contribution in [3.8, 4) is 0 Å². The molecule has 8 heteroatoms. The van der Waals surface area contributed by atoms with E-state index in [2.05, 4.69) is 32.2 Å². The van der Waals surface area contributed by atoms with E-state index in [0.717, 1.165) is 37.1 Å². The monoisotopic (exact) mass is 406 g/mol. The van der Waals surface area contributed by atoms with Crippen LogP contribution in [0.5, 0.6) is 0 Å². The van der Waals surface area contributed by atoms with E-state index in [0.29, 0.717) is 41.4 Å². The lowest BCUT2D eigenvalue weighted by atomic mass is 9.95. The molecule has 8 nitrogen and oxygen atoms in total. The van der Waals surface area contributed by atoms with Crippen LogP contribution in [-0.4, -0.2) is 49.4 Å². The zero-order chi connectivity index (χ0) is 20.9. The summed E-state index contributed by atoms with van der Waals surface area (Å²) in [4.78, 5) is 33.1. The van der Waals surface area contributed by atoms with Crippen molar-refractivity contribution in [2.75, 3.05) is 18.4 Å². The molecule has 1 saturated heterocycles. The van der Waals surface area contributed by atoms with Crippen LogP contribution < -0.4 is 5.32 Å². The van der Waals surface area contributed by atoms with Gasteiger partial charge in [0, 0.05) is 36.9 Å². The quantitative estimate of drug-likeness (QED) is 0.707. The molecule has 1 aliphatic heterocycles. The van der Waals surface area contributed by atoms with E-state index in [4.69, 9.17) is 4.42 Å². The number of aromatic nitrogens is 4. The SMILES string of the molecule is Cc1cnc(C2CCN(C(=O)c3coc4nc(C)nc(NC5(C)CC5)c34)CC2)nc1. The first kappa shape index (κ1) is 19.0. The topological polar surface area (TPSA) is 97.0 Å². The van der Waals surface area contributed by atoms with Gasteiger partial charge in [0.25, 0.3) is 5.91 Å². The highest BCUT2D eigenvalue weighted by Gasteiger charge is 2.39. The first-order chi connectivity index (χ1) is 14.4. The standard InChI is InChI=1S/C22H26N6O2/c1-13-10-23-18(24-11-13)15-4-8-28(9-5-15)21(29)16-12-30-20-17(16)19(25-14(2)26-20)27-22(3)6-7-22/h10-12,15H,4-9H2,1-3H3,(H,25,26,27). The van der Waals surface area contributed by atoms with Gasteiger partial charge >= 0.3 is 0 Å². The van der Waals surface area contributed by atoms with Crippen LogP contribution in [0.3, 0.4) is 0 Å². The Balaban J connectivity index is 1.37. The maximum atomic E-state index is 13.3. The maximum Gasteiger partial charge on any atom is 0.257 e. The number of nitrogens with one attached hydrogen (secondary N) is 1. The number of amides is 1. The average Bonchev–Trinajstić information content (AvgIpc) is 3.30. The largest absolute Gasteiger partial charge is 0.445 e. The molecule has 30 heavy (non-hydrogen) atoms. The van der Waals surface area contributed by atoms with Gasteiger partial charge in [0.1, 0.15) is 23.7 Å². The number of hydrogen-bond donors (Lipinski definition) is 1. The van der Waals surface area contributed by atoms with Crippen LogP contribution in [0.15, 0.2) is 23.1 Å². The smallest absolute Gasteiger partial charge is 0.257 e. The molecule has 1 aliphatic carbocycles. The van der Waals surface area contributed by atoms with Crippen molar-refractivity contribution < 1.29 is 9.21 Å². The van der Waals surface area contributed by atoms with Gasteiger partial charge in [-0.05, 0) is 52.0 Å². The second-order valence-electron chi connectivity index (χ2n) is 8.82. The van der Waals surface area contributed by atoms with Gasteiger partial charge in [0.2, 0.25) is 5.71 Å². The molecular formula is C22H26N6O2. The van der Waals surface area contributed by atoms with Crippen molar-refractivity contribution >= 4 is 22.8 Å². The highest BCUT2D eigenvalue weighted by Crippen LogP contribution is 2.40. The fourth-order valence-electron chi connectivity index (χ4n) is 4.02. The molecule has 156 valence electrons. The van der Waals surface area contributed by atoms with Gasteiger partial charge in [-0.25, -0.2) is 15.0 Å². The van der Waals surface area contributed by atoms with Gasteiger partial charge in [-0.1, -0.05) is 0 Å². The van der Waals surface area contributed by atoms with Gasteiger partial charge < -0.3 is 14.6 Å². The normalized spacial score (nSPS) is 18.6. The summed E-state index contributed by atoms with van der Waals surface area (Å²) < 4.78 is 5.66. The fraction of sp³-hybridized carbons (Fsp3) is 0.500. The van der Waals surface area contributed by atoms with Crippen LogP contribution in [-0.2, 0) is 0 Å². The molecule has 3 aromatic rings. The summed E-state index contributed by atoms with van der Waals surface area (Å²) in [6, 6.07) is 0. The minimum Gasteiger partial charge on any atom is -0.445 e. The minimum absolute atomic E-state index is 0.0338. The zero-order valence-corrected chi connectivity index (χ0v) is 17.6. The Kier molecular flexibility index (Phi) is 4.45. The van der Waals surface area contributed by atoms with E-state index < -0.39 is 0 Å². The molecule has 2 fully saturated rings. The van der Waals surface area contributed by atoms with Crippen molar-refractivity contribution in [3.63, 3.8) is 0 Å².